The molecule has 3 nitrogen and oxygen atoms in total. The Morgan fingerprint density at radius 2 is 2.28 bits per heavy atom. The summed E-state index contributed by atoms with van der Waals surface area (Å²) in [5.74, 6) is 0.664. The molecule has 1 aromatic carbocycles. The molecule has 18 heavy (non-hydrogen) atoms. The van der Waals surface area contributed by atoms with Crippen LogP contribution in [0.5, 0.6) is 0 Å². The number of aromatic nitrogens is 1. The molecule has 1 saturated carbocycles. The number of hydrogen-bond donors (Lipinski definition) is 1. The van der Waals surface area contributed by atoms with Crippen molar-refractivity contribution in [3.63, 3.8) is 0 Å². The third-order valence-corrected chi connectivity index (χ3v) is 3.35. The van der Waals surface area contributed by atoms with Crippen molar-refractivity contribution in [3.05, 3.63) is 40.7 Å². The number of hydrogen-bond acceptors (Lipinski definition) is 3. The Balaban J connectivity index is 1.78. The quantitative estimate of drug-likeness (QED) is 0.916. The molecule has 1 aromatic heterocycles. The van der Waals surface area contributed by atoms with Gasteiger partial charge in [0, 0.05) is 23.2 Å². The minimum absolute atomic E-state index is 0.664. The summed E-state index contributed by atoms with van der Waals surface area (Å²) in [7, 11) is 0. The Morgan fingerprint density at radius 1 is 1.44 bits per heavy atom. The number of rotatable bonds is 4. The van der Waals surface area contributed by atoms with Gasteiger partial charge in [0.25, 0.3) is 0 Å². The van der Waals surface area contributed by atoms with Crippen LogP contribution in [0.3, 0.4) is 0 Å². The van der Waals surface area contributed by atoms with Gasteiger partial charge in [-0.2, -0.15) is 0 Å². The van der Waals surface area contributed by atoms with E-state index in [4.69, 9.17) is 16.0 Å². The summed E-state index contributed by atoms with van der Waals surface area (Å²) in [4.78, 5) is 4.50. The molecule has 1 aliphatic carbocycles. The summed E-state index contributed by atoms with van der Waals surface area (Å²) in [5.41, 5.74) is 3.02. The van der Waals surface area contributed by atoms with Crippen LogP contribution in [0, 0.1) is 6.92 Å². The summed E-state index contributed by atoms with van der Waals surface area (Å²) in [5, 5.41) is 4.15. The lowest BCUT2D eigenvalue weighted by Crippen LogP contribution is -2.15. The van der Waals surface area contributed by atoms with Gasteiger partial charge in [0.1, 0.15) is 6.26 Å². The minimum Gasteiger partial charge on any atom is -0.444 e. The number of nitrogens with zero attached hydrogens (tertiary/aromatic N) is 1. The first-order chi connectivity index (χ1) is 8.72. The molecule has 0 radical (unpaired) electrons. The molecule has 4 heteroatoms. The van der Waals surface area contributed by atoms with Crippen LogP contribution in [0.1, 0.15) is 24.1 Å². The fourth-order valence-corrected chi connectivity index (χ4v) is 2.14. The average molecular weight is 263 g/mol. The second kappa shape index (κ2) is 4.75. The second-order valence-corrected chi connectivity index (χ2v) is 5.19. The molecule has 0 amide bonds. The number of benzene rings is 1. The maximum absolute atomic E-state index is 5.94. The molecule has 0 atom stereocenters. The van der Waals surface area contributed by atoms with Gasteiger partial charge in [-0.05, 0) is 43.5 Å². The monoisotopic (exact) mass is 262 g/mol. The molecule has 0 aliphatic heterocycles. The molecular weight excluding hydrogens is 248 g/mol. The lowest BCUT2D eigenvalue weighted by molar-refractivity contribution is 0.569. The van der Waals surface area contributed by atoms with Crippen molar-refractivity contribution in [2.75, 3.05) is 0 Å². The molecule has 94 valence electrons. The predicted molar refractivity (Wildman–Crippen MR) is 71.5 cm³/mol. The van der Waals surface area contributed by atoms with E-state index in [1.54, 1.807) is 6.26 Å². The topological polar surface area (TPSA) is 38.1 Å². The Kier molecular flexibility index (Phi) is 3.10. The first-order valence-corrected chi connectivity index (χ1v) is 6.54. The van der Waals surface area contributed by atoms with Gasteiger partial charge in [-0.1, -0.05) is 11.6 Å². The van der Waals surface area contributed by atoms with Crippen molar-refractivity contribution in [2.45, 2.75) is 32.4 Å². The third-order valence-electron chi connectivity index (χ3n) is 3.12. The Labute approximate surface area is 111 Å². The summed E-state index contributed by atoms with van der Waals surface area (Å²) in [6.45, 7) is 2.79. The van der Waals surface area contributed by atoms with Crippen LogP contribution in [0.2, 0.25) is 5.02 Å². The molecule has 1 heterocycles. The normalized spacial score (nSPS) is 15.0. The highest BCUT2D eigenvalue weighted by Gasteiger charge is 2.20. The lowest BCUT2D eigenvalue weighted by Gasteiger charge is -2.01. The van der Waals surface area contributed by atoms with Crippen molar-refractivity contribution in [2.24, 2.45) is 0 Å². The Hall–Kier alpha value is -1.32. The van der Waals surface area contributed by atoms with E-state index in [2.05, 4.69) is 10.3 Å². The van der Waals surface area contributed by atoms with Gasteiger partial charge in [0.15, 0.2) is 0 Å². The zero-order valence-electron chi connectivity index (χ0n) is 10.2. The van der Waals surface area contributed by atoms with Crippen LogP contribution in [-0.4, -0.2) is 11.0 Å². The van der Waals surface area contributed by atoms with Crippen molar-refractivity contribution in [1.82, 2.24) is 10.3 Å². The van der Waals surface area contributed by atoms with E-state index in [9.17, 15) is 0 Å². The van der Waals surface area contributed by atoms with Crippen molar-refractivity contribution in [3.8, 4) is 11.5 Å². The molecule has 1 aliphatic rings. The Morgan fingerprint density at radius 3 is 3.00 bits per heavy atom. The van der Waals surface area contributed by atoms with Crippen LogP contribution in [0.25, 0.3) is 11.5 Å². The number of nitrogens with one attached hydrogen (secondary N) is 1. The Bertz CT molecular complexity index is 561. The highest BCUT2D eigenvalue weighted by atomic mass is 35.5. The van der Waals surface area contributed by atoms with E-state index in [1.807, 2.05) is 25.1 Å². The SMILES string of the molecule is Cc1cc(Cl)ccc1-c1nc(CNC2CC2)co1. The van der Waals surface area contributed by atoms with Gasteiger partial charge in [-0.25, -0.2) is 4.98 Å². The summed E-state index contributed by atoms with van der Waals surface area (Å²) >= 11 is 5.94. The van der Waals surface area contributed by atoms with Crippen LogP contribution in [-0.2, 0) is 6.54 Å². The highest BCUT2D eigenvalue weighted by molar-refractivity contribution is 6.30. The second-order valence-electron chi connectivity index (χ2n) is 4.76. The predicted octanol–water partition coefficient (Wildman–Crippen LogP) is 3.56. The van der Waals surface area contributed by atoms with E-state index in [-0.39, 0.29) is 0 Å². The van der Waals surface area contributed by atoms with E-state index >= 15 is 0 Å². The van der Waals surface area contributed by atoms with E-state index < -0.39 is 0 Å². The smallest absolute Gasteiger partial charge is 0.226 e. The number of oxazole rings is 1. The molecule has 2 aromatic rings. The maximum atomic E-state index is 5.94. The van der Waals surface area contributed by atoms with Gasteiger partial charge < -0.3 is 9.73 Å². The molecule has 0 bridgehead atoms. The maximum Gasteiger partial charge on any atom is 0.226 e. The van der Waals surface area contributed by atoms with E-state index in [1.165, 1.54) is 12.8 Å². The van der Waals surface area contributed by atoms with Gasteiger partial charge in [0.05, 0.1) is 5.69 Å². The lowest BCUT2D eigenvalue weighted by atomic mass is 10.1. The standard InChI is InChI=1S/C14H15ClN2O/c1-9-6-10(15)2-5-13(9)14-17-12(8-18-14)7-16-11-3-4-11/h2,5-6,8,11,16H,3-4,7H2,1H3. The molecule has 0 unspecified atom stereocenters. The van der Waals surface area contributed by atoms with Crippen molar-refractivity contribution in [1.29, 1.82) is 0 Å². The molecule has 0 saturated heterocycles. The molecule has 1 N–H and O–H groups in total. The zero-order chi connectivity index (χ0) is 12.5. The molecule has 1 fully saturated rings. The third kappa shape index (κ3) is 2.57. The summed E-state index contributed by atoms with van der Waals surface area (Å²) in [6.07, 6.45) is 4.28. The molecule has 0 spiro atoms. The van der Waals surface area contributed by atoms with Gasteiger partial charge in [-0.3, -0.25) is 0 Å². The highest BCUT2D eigenvalue weighted by Crippen LogP contribution is 2.25. The first kappa shape index (κ1) is 11.8. The van der Waals surface area contributed by atoms with Gasteiger partial charge >= 0.3 is 0 Å². The van der Waals surface area contributed by atoms with Crippen molar-refractivity contribution < 1.29 is 4.42 Å². The van der Waals surface area contributed by atoms with Crippen LogP contribution in [0.4, 0.5) is 0 Å². The molecule has 3 rings (SSSR count). The van der Waals surface area contributed by atoms with Crippen LogP contribution in [0.15, 0.2) is 28.9 Å². The number of halogens is 1. The van der Waals surface area contributed by atoms with Crippen LogP contribution >= 0.6 is 11.6 Å². The van der Waals surface area contributed by atoms with Gasteiger partial charge in [-0.15, -0.1) is 0 Å². The first-order valence-electron chi connectivity index (χ1n) is 6.17. The van der Waals surface area contributed by atoms with Gasteiger partial charge in [0.2, 0.25) is 5.89 Å². The molecular formula is C14H15ClN2O. The van der Waals surface area contributed by atoms with E-state index in [0.717, 1.165) is 28.4 Å². The summed E-state index contributed by atoms with van der Waals surface area (Å²) in [6, 6.07) is 6.41. The van der Waals surface area contributed by atoms with Crippen molar-refractivity contribution >= 4 is 11.6 Å². The number of aryl methyl sites for hydroxylation is 1. The van der Waals surface area contributed by atoms with E-state index in [0.29, 0.717) is 11.9 Å². The summed E-state index contributed by atoms with van der Waals surface area (Å²) < 4.78 is 5.53. The minimum atomic E-state index is 0.664. The fourth-order valence-electron chi connectivity index (χ4n) is 1.92. The largest absolute Gasteiger partial charge is 0.444 e. The zero-order valence-corrected chi connectivity index (χ0v) is 11.0. The average Bonchev–Trinajstić information content (AvgIpc) is 3.05. The van der Waals surface area contributed by atoms with Crippen LogP contribution < -0.4 is 5.32 Å². The fraction of sp³-hybridized carbons (Fsp3) is 0.357.